The van der Waals surface area contributed by atoms with E-state index in [0.717, 1.165) is 5.56 Å². The van der Waals surface area contributed by atoms with Gasteiger partial charge in [-0.25, -0.2) is 4.79 Å². The number of carbonyl (C=O) groups is 2. The van der Waals surface area contributed by atoms with E-state index in [0.29, 0.717) is 13.2 Å². The minimum atomic E-state index is -1.04. The molecule has 24 heavy (non-hydrogen) atoms. The van der Waals surface area contributed by atoms with Gasteiger partial charge in [0.25, 0.3) is 0 Å². The summed E-state index contributed by atoms with van der Waals surface area (Å²) in [5, 5.41) is 9.14. The van der Waals surface area contributed by atoms with Crippen LogP contribution in [0.5, 0.6) is 0 Å². The summed E-state index contributed by atoms with van der Waals surface area (Å²) < 4.78 is 11.1. The van der Waals surface area contributed by atoms with Crippen LogP contribution in [0.15, 0.2) is 30.3 Å². The van der Waals surface area contributed by atoms with E-state index in [1.807, 2.05) is 44.2 Å². The largest absolute Gasteiger partial charge is 0.479 e. The molecule has 6 heteroatoms. The van der Waals surface area contributed by atoms with Crippen molar-refractivity contribution in [3.05, 3.63) is 35.9 Å². The molecule has 6 nitrogen and oxygen atoms in total. The lowest BCUT2D eigenvalue weighted by atomic mass is 9.92. The third-order valence-corrected chi connectivity index (χ3v) is 3.98. The Balaban J connectivity index is 1.92. The van der Waals surface area contributed by atoms with Crippen molar-refractivity contribution >= 4 is 11.9 Å². The van der Waals surface area contributed by atoms with Gasteiger partial charge in [-0.2, -0.15) is 0 Å². The number of benzene rings is 1. The Hall–Kier alpha value is -1.92. The summed E-state index contributed by atoms with van der Waals surface area (Å²) in [6.45, 7) is 6.57. The summed E-state index contributed by atoms with van der Waals surface area (Å²) in [6, 6.07) is 9.76. The van der Waals surface area contributed by atoms with Crippen LogP contribution in [0.25, 0.3) is 0 Å². The number of morpholine rings is 1. The van der Waals surface area contributed by atoms with Crippen molar-refractivity contribution in [3.63, 3.8) is 0 Å². The highest BCUT2D eigenvalue weighted by atomic mass is 16.5. The second-order valence-corrected chi connectivity index (χ2v) is 6.85. The molecule has 1 unspecified atom stereocenters. The first-order chi connectivity index (χ1) is 11.3. The number of aliphatic carboxylic acids is 1. The Morgan fingerprint density at radius 1 is 1.29 bits per heavy atom. The quantitative estimate of drug-likeness (QED) is 0.860. The summed E-state index contributed by atoms with van der Waals surface area (Å²) in [6.07, 6.45) is -1.27. The zero-order valence-electron chi connectivity index (χ0n) is 14.4. The van der Waals surface area contributed by atoms with Gasteiger partial charge in [-0.15, -0.1) is 0 Å². The molecular weight excluding hydrogens is 310 g/mol. The lowest BCUT2D eigenvalue weighted by Gasteiger charge is -2.39. The summed E-state index contributed by atoms with van der Waals surface area (Å²) in [5.74, 6) is -1.16. The van der Waals surface area contributed by atoms with Crippen LogP contribution < -0.4 is 0 Å². The highest BCUT2D eigenvalue weighted by molar-refractivity contribution is 5.83. The van der Waals surface area contributed by atoms with Gasteiger partial charge in [0, 0.05) is 6.54 Å². The number of carboxylic acids is 1. The Morgan fingerprint density at radius 3 is 2.58 bits per heavy atom. The molecule has 1 fully saturated rings. The highest BCUT2D eigenvalue weighted by Crippen LogP contribution is 2.23. The Bertz CT molecular complexity index is 572. The fourth-order valence-electron chi connectivity index (χ4n) is 2.74. The van der Waals surface area contributed by atoms with Crippen LogP contribution in [0, 0.1) is 5.41 Å². The van der Waals surface area contributed by atoms with Gasteiger partial charge in [0.15, 0.2) is 6.10 Å². The van der Waals surface area contributed by atoms with E-state index in [9.17, 15) is 9.59 Å². The van der Waals surface area contributed by atoms with E-state index in [1.54, 1.807) is 11.8 Å². The zero-order chi connectivity index (χ0) is 17.7. The van der Waals surface area contributed by atoms with E-state index < -0.39 is 17.5 Å². The average molecular weight is 335 g/mol. The topological polar surface area (TPSA) is 76.1 Å². The van der Waals surface area contributed by atoms with E-state index >= 15 is 0 Å². The number of hydrogen-bond acceptors (Lipinski definition) is 4. The molecule has 0 bridgehead atoms. The average Bonchev–Trinajstić information content (AvgIpc) is 2.54. The second-order valence-electron chi connectivity index (χ2n) is 6.85. The lowest BCUT2D eigenvalue weighted by Crippen LogP contribution is -2.55. The normalized spacial score (nSPS) is 21.5. The van der Waals surface area contributed by atoms with Crippen LogP contribution in [0.1, 0.15) is 26.3 Å². The minimum Gasteiger partial charge on any atom is -0.479 e. The molecule has 2 atom stereocenters. The van der Waals surface area contributed by atoms with Gasteiger partial charge in [0.05, 0.1) is 31.3 Å². The van der Waals surface area contributed by atoms with Crippen molar-refractivity contribution in [2.24, 2.45) is 5.41 Å². The molecule has 0 radical (unpaired) electrons. The summed E-state index contributed by atoms with van der Waals surface area (Å²) in [7, 11) is 0. The number of hydrogen-bond donors (Lipinski definition) is 1. The Morgan fingerprint density at radius 2 is 1.96 bits per heavy atom. The van der Waals surface area contributed by atoms with E-state index in [-0.39, 0.29) is 25.2 Å². The van der Waals surface area contributed by atoms with Crippen LogP contribution in [-0.2, 0) is 25.7 Å². The summed E-state index contributed by atoms with van der Waals surface area (Å²) in [5.41, 5.74) is 0.321. The number of ether oxygens (including phenoxy) is 2. The van der Waals surface area contributed by atoms with Crippen molar-refractivity contribution in [2.45, 2.75) is 39.6 Å². The summed E-state index contributed by atoms with van der Waals surface area (Å²) in [4.78, 5) is 25.5. The predicted molar refractivity (Wildman–Crippen MR) is 88.4 cm³/mol. The molecule has 1 saturated heterocycles. The Kier molecular flexibility index (Phi) is 5.96. The predicted octanol–water partition coefficient (Wildman–Crippen LogP) is 1.93. The van der Waals surface area contributed by atoms with Gasteiger partial charge in [-0.3, -0.25) is 4.79 Å². The number of carbonyl (C=O) groups excluding carboxylic acids is 1. The van der Waals surface area contributed by atoms with Gasteiger partial charge >= 0.3 is 5.97 Å². The standard InChI is InChI=1S/C18H25NO5/c1-13-9-19(10-15(24-13)16(20)21)17(22)18(2,3)12-23-11-14-7-5-4-6-8-14/h4-8,13,15H,9-12H2,1-3H3,(H,20,21)/t13-,15?/m1/s1. The van der Waals surface area contributed by atoms with Crippen LogP contribution in [0.3, 0.4) is 0 Å². The third kappa shape index (κ3) is 4.79. The van der Waals surface area contributed by atoms with E-state index in [4.69, 9.17) is 14.6 Å². The SMILES string of the molecule is C[C@@H]1CN(C(=O)C(C)(C)COCc2ccccc2)CC(C(=O)O)O1. The molecule has 1 heterocycles. The van der Waals surface area contributed by atoms with Crippen molar-refractivity contribution in [2.75, 3.05) is 19.7 Å². The molecule has 1 aliphatic rings. The second kappa shape index (κ2) is 7.77. The maximum atomic E-state index is 12.8. The van der Waals surface area contributed by atoms with Gasteiger partial charge in [0.2, 0.25) is 5.91 Å². The fraction of sp³-hybridized carbons (Fsp3) is 0.556. The molecule has 0 saturated carbocycles. The molecule has 132 valence electrons. The zero-order valence-corrected chi connectivity index (χ0v) is 14.4. The molecule has 1 aliphatic heterocycles. The van der Waals surface area contributed by atoms with Crippen molar-refractivity contribution in [3.8, 4) is 0 Å². The van der Waals surface area contributed by atoms with E-state index in [1.165, 1.54) is 0 Å². The molecule has 1 aromatic carbocycles. The molecule has 0 spiro atoms. The molecule has 2 rings (SSSR count). The molecule has 1 amide bonds. The lowest BCUT2D eigenvalue weighted by molar-refractivity contribution is -0.170. The maximum absolute atomic E-state index is 12.8. The molecule has 1 N–H and O–H groups in total. The Labute approximate surface area is 142 Å². The third-order valence-electron chi connectivity index (χ3n) is 3.98. The van der Waals surface area contributed by atoms with Gasteiger partial charge in [-0.1, -0.05) is 30.3 Å². The number of nitrogens with zero attached hydrogens (tertiary/aromatic N) is 1. The molecule has 0 aliphatic carbocycles. The molecule has 1 aromatic rings. The van der Waals surface area contributed by atoms with Gasteiger partial charge < -0.3 is 19.5 Å². The minimum absolute atomic E-state index is 0.0701. The maximum Gasteiger partial charge on any atom is 0.334 e. The van der Waals surface area contributed by atoms with E-state index in [2.05, 4.69) is 0 Å². The first kappa shape index (κ1) is 18.4. The van der Waals surface area contributed by atoms with Crippen LogP contribution in [0.4, 0.5) is 0 Å². The van der Waals surface area contributed by atoms with Crippen molar-refractivity contribution in [1.29, 1.82) is 0 Å². The van der Waals surface area contributed by atoms with Gasteiger partial charge in [0.1, 0.15) is 0 Å². The number of amides is 1. The van der Waals surface area contributed by atoms with Crippen molar-refractivity contribution in [1.82, 2.24) is 4.90 Å². The molecule has 0 aromatic heterocycles. The summed E-state index contributed by atoms with van der Waals surface area (Å²) >= 11 is 0. The monoisotopic (exact) mass is 335 g/mol. The number of carboxylic acid groups (broad SMARTS) is 1. The smallest absolute Gasteiger partial charge is 0.334 e. The first-order valence-electron chi connectivity index (χ1n) is 8.09. The fourth-order valence-corrected chi connectivity index (χ4v) is 2.74. The van der Waals surface area contributed by atoms with Crippen LogP contribution in [-0.4, -0.2) is 53.8 Å². The number of rotatable bonds is 6. The van der Waals surface area contributed by atoms with Crippen molar-refractivity contribution < 1.29 is 24.2 Å². The highest BCUT2D eigenvalue weighted by Gasteiger charge is 2.38. The first-order valence-corrected chi connectivity index (χ1v) is 8.09. The van der Waals surface area contributed by atoms with Crippen LogP contribution >= 0.6 is 0 Å². The molecular formula is C18H25NO5. The van der Waals surface area contributed by atoms with Gasteiger partial charge in [-0.05, 0) is 26.3 Å². The van der Waals surface area contributed by atoms with Crippen LogP contribution in [0.2, 0.25) is 0 Å².